The highest BCUT2D eigenvalue weighted by Gasteiger charge is 2.23. The predicted octanol–water partition coefficient (Wildman–Crippen LogP) is 0.933. The summed E-state index contributed by atoms with van der Waals surface area (Å²) in [5.74, 6) is 0.763. The van der Waals surface area contributed by atoms with Crippen LogP contribution in [-0.4, -0.2) is 10.3 Å². The second kappa shape index (κ2) is 2.43. The largest absolute Gasteiger partial charge is 0.611 e. The Hall–Kier alpha value is -0.670. The zero-order valence-electron chi connectivity index (χ0n) is 6.04. The third kappa shape index (κ3) is 1.10. The van der Waals surface area contributed by atoms with Crippen molar-refractivity contribution < 1.29 is 4.55 Å². The summed E-state index contributed by atoms with van der Waals surface area (Å²) in [6.45, 7) is 0. The van der Waals surface area contributed by atoms with E-state index in [1.807, 2.05) is 18.2 Å². The minimum Gasteiger partial charge on any atom is -0.611 e. The van der Waals surface area contributed by atoms with Crippen molar-refractivity contribution >= 4 is 16.9 Å². The number of nitrogens with two attached hydrogens (primary N) is 1. The third-order valence-electron chi connectivity index (χ3n) is 1.89. The third-order valence-corrected chi connectivity index (χ3v) is 3.34. The molecule has 0 radical (unpaired) electrons. The molecule has 1 atom stereocenters. The van der Waals surface area contributed by atoms with Gasteiger partial charge in [-0.3, -0.25) is 0 Å². The molecule has 1 heterocycles. The Kier molecular flexibility index (Phi) is 1.55. The van der Waals surface area contributed by atoms with Gasteiger partial charge in [0.2, 0.25) is 0 Å². The first-order valence-corrected chi connectivity index (χ1v) is 4.86. The highest BCUT2D eigenvalue weighted by Crippen LogP contribution is 2.27. The summed E-state index contributed by atoms with van der Waals surface area (Å²) < 4.78 is 11.3. The van der Waals surface area contributed by atoms with Crippen molar-refractivity contribution in [2.45, 2.75) is 11.3 Å². The first-order valence-electron chi connectivity index (χ1n) is 3.54. The van der Waals surface area contributed by atoms with E-state index in [1.54, 1.807) is 0 Å². The SMILES string of the molecule is Nc1ccc2c(c1)[S+]([O-])CC2. The average molecular weight is 167 g/mol. The van der Waals surface area contributed by atoms with Crippen LogP contribution in [0.25, 0.3) is 0 Å². The van der Waals surface area contributed by atoms with E-state index in [9.17, 15) is 4.55 Å². The average Bonchev–Trinajstić information content (AvgIpc) is 2.33. The van der Waals surface area contributed by atoms with Crippen LogP contribution in [-0.2, 0) is 17.6 Å². The standard InChI is InChI=1S/C8H9NOS/c9-7-2-1-6-3-4-11(10)8(6)5-7/h1-2,5H,3-4,9H2. The van der Waals surface area contributed by atoms with Crippen LogP contribution in [0.5, 0.6) is 0 Å². The Morgan fingerprint density at radius 2 is 2.27 bits per heavy atom. The fourth-order valence-corrected chi connectivity index (χ4v) is 2.66. The Bertz CT molecular complexity index is 287. The Morgan fingerprint density at radius 1 is 1.45 bits per heavy atom. The maximum Gasteiger partial charge on any atom is 0.158 e. The van der Waals surface area contributed by atoms with Gasteiger partial charge in [0.25, 0.3) is 0 Å². The quantitative estimate of drug-likeness (QED) is 0.461. The highest BCUT2D eigenvalue weighted by atomic mass is 32.2. The van der Waals surface area contributed by atoms with Crippen LogP contribution >= 0.6 is 0 Å². The molecule has 1 aromatic rings. The van der Waals surface area contributed by atoms with Gasteiger partial charge in [0, 0.05) is 23.7 Å². The number of nitrogen functional groups attached to an aromatic ring is 1. The molecule has 0 aromatic heterocycles. The van der Waals surface area contributed by atoms with Crippen molar-refractivity contribution in [1.29, 1.82) is 0 Å². The molecule has 0 spiro atoms. The van der Waals surface area contributed by atoms with Crippen LogP contribution < -0.4 is 5.73 Å². The zero-order chi connectivity index (χ0) is 7.84. The number of aryl methyl sites for hydroxylation is 1. The van der Waals surface area contributed by atoms with Gasteiger partial charge in [-0.05, 0) is 17.2 Å². The van der Waals surface area contributed by atoms with Gasteiger partial charge < -0.3 is 10.3 Å². The van der Waals surface area contributed by atoms with Gasteiger partial charge in [-0.15, -0.1) is 0 Å². The maximum absolute atomic E-state index is 11.3. The van der Waals surface area contributed by atoms with Crippen LogP contribution in [0.3, 0.4) is 0 Å². The summed E-state index contributed by atoms with van der Waals surface area (Å²) >= 11 is -0.788. The molecule has 2 rings (SSSR count). The number of fused-ring (bicyclic) bond motifs is 1. The van der Waals surface area contributed by atoms with Crippen molar-refractivity contribution in [3.05, 3.63) is 23.8 Å². The summed E-state index contributed by atoms with van der Waals surface area (Å²) in [5.41, 5.74) is 7.46. The van der Waals surface area contributed by atoms with Crippen LogP contribution in [0, 0.1) is 0 Å². The second-order valence-electron chi connectivity index (χ2n) is 2.67. The fourth-order valence-electron chi connectivity index (χ4n) is 1.30. The predicted molar refractivity (Wildman–Crippen MR) is 45.8 cm³/mol. The van der Waals surface area contributed by atoms with Crippen molar-refractivity contribution in [1.82, 2.24) is 0 Å². The smallest absolute Gasteiger partial charge is 0.158 e. The van der Waals surface area contributed by atoms with E-state index >= 15 is 0 Å². The number of hydrogen-bond donors (Lipinski definition) is 1. The molecule has 0 fully saturated rings. The molecule has 1 aliphatic heterocycles. The Labute approximate surface area is 68.6 Å². The van der Waals surface area contributed by atoms with E-state index in [1.165, 1.54) is 5.56 Å². The lowest BCUT2D eigenvalue weighted by molar-refractivity contribution is 0.599. The molecule has 58 valence electrons. The van der Waals surface area contributed by atoms with Gasteiger partial charge in [0.15, 0.2) is 4.90 Å². The molecule has 2 N–H and O–H groups in total. The maximum atomic E-state index is 11.3. The van der Waals surface area contributed by atoms with Gasteiger partial charge in [0.1, 0.15) is 5.75 Å². The number of anilines is 1. The van der Waals surface area contributed by atoms with Gasteiger partial charge in [0.05, 0.1) is 0 Å². The van der Waals surface area contributed by atoms with E-state index in [2.05, 4.69) is 0 Å². The Balaban J connectivity index is 2.52. The van der Waals surface area contributed by atoms with E-state index < -0.39 is 11.2 Å². The molecule has 1 aromatic carbocycles. The van der Waals surface area contributed by atoms with Crippen LogP contribution in [0.2, 0.25) is 0 Å². The molecule has 0 aliphatic carbocycles. The molecule has 11 heavy (non-hydrogen) atoms. The number of rotatable bonds is 0. The molecule has 0 saturated carbocycles. The van der Waals surface area contributed by atoms with Crippen molar-refractivity contribution in [3.8, 4) is 0 Å². The summed E-state index contributed by atoms with van der Waals surface area (Å²) in [7, 11) is 0. The molecule has 3 heteroatoms. The van der Waals surface area contributed by atoms with Gasteiger partial charge in [-0.2, -0.15) is 0 Å². The fraction of sp³-hybridized carbons (Fsp3) is 0.250. The van der Waals surface area contributed by atoms with Crippen LogP contribution in [0.4, 0.5) is 5.69 Å². The highest BCUT2D eigenvalue weighted by molar-refractivity contribution is 7.91. The molecule has 1 aliphatic rings. The number of benzene rings is 1. The van der Waals surface area contributed by atoms with Crippen LogP contribution in [0.1, 0.15) is 5.56 Å². The monoisotopic (exact) mass is 167 g/mol. The summed E-state index contributed by atoms with van der Waals surface area (Å²) in [4.78, 5) is 0.935. The Morgan fingerprint density at radius 3 is 3.09 bits per heavy atom. The van der Waals surface area contributed by atoms with E-state index in [-0.39, 0.29) is 0 Å². The van der Waals surface area contributed by atoms with Crippen LogP contribution in [0.15, 0.2) is 23.1 Å². The van der Waals surface area contributed by atoms with E-state index in [0.29, 0.717) is 5.69 Å². The normalized spacial score (nSPS) is 21.7. The van der Waals surface area contributed by atoms with Gasteiger partial charge in [-0.1, -0.05) is 6.07 Å². The molecule has 0 amide bonds. The first kappa shape index (κ1) is 7.00. The van der Waals surface area contributed by atoms with Gasteiger partial charge >= 0.3 is 0 Å². The lowest BCUT2D eigenvalue weighted by Gasteiger charge is -2.02. The topological polar surface area (TPSA) is 49.1 Å². The minimum absolute atomic E-state index is 0.707. The summed E-state index contributed by atoms with van der Waals surface area (Å²) in [5, 5.41) is 0. The van der Waals surface area contributed by atoms with Crippen molar-refractivity contribution in [2.24, 2.45) is 0 Å². The first-order chi connectivity index (χ1) is 5.27. The van der Waals surface area contributed by atoms with E-state index in [0.717, 1.165) is 17.1 Å². The van der Waals surface area contributed by atoms with E-state index in [4.69, 9.17) is 5.73 Å². The molecule has 0 saturated heterocycles. The summed E-state index contributed by atoms with van der Waals surface area (Å²) in [6.07, 6.45) is 0.933. The van der Waals surface area contributed by atoms with Crippen molar-refractivity contribution in [2.75, 3.05) is 11.5 Å². The molecular formula is C8H9NOS. The lowest BCUT2D eigenvalue weighted by atomic mass is 10.2. The van der Waals surface area contributed by atoms with Crippen molar-refractivity contribution in [3.63, 3.8) is 0 Å². The second-order valence-corrected chi connectivity index (χ2v) is 4.21. The molecular weight excluding hydrogens is 158 g/mol. The lowest BCUT2D eigenvalue weighted by Crippen LogP contribution is -1.99. The molecule has 1 unspecified atom stereocenters. The molecule has 0 bridgehead atoms. The molecule has 2 nitrogen and oxygen atoms in total. The number of hydrogen-bond acceptors (Lipinski definition) is 2. The van der Waals surface area contributed by atoms with Gasteiger partial charge in [-0.25, -0.2) is 0 Å². The summed E-state index contributed by atoms with van der Waals surface area (Å²) in [6, 6.07) is 5.65. The minimum atomic E-state index is -0.788. The zero-order valence-corrected chi connectivity index (χ0v) is 6.86.